The summed E-state index contributed by atoms with van der Waals surface area (Å²) in [5.41, 5.74) is 7.14. The lowest BCUT2D eigenvalue weighted by molar-refractivity contribution is -0.139. The van der Waals surface area contributed by atoms with Gasteiger partial charge in [-0.05, 0) is 62.4 Å². The van der Waals surface area contributed by atoms with Crippen molar-refractivity contribution in [2.75, 3.05) is 28.4 Å². The molecule has 2 aromatic carbocycles. The Morgan fingerprint density at radius 3 is 2.24 bits per heavy atom. The number of methoxy groups -OCH3 is 1. The molecule has 37 heavy (non-hydrogen) atoms. The van der Waals surface area contributed by atoms with Gasteiger partial charge in [-0.2, -0.15) is 0 Å². The summed E-state index contributed by atoms with van der Waals surface area (Å²) in [7, 11) is 1.55. The second-order valence-corrected chi connectivity index (χ2v) is 8.69. The zero-order chi connectivity index (χ0) is 26.7. The molecule has 1 aromatic heterocycles. The third-order valence-electron chi connectivity index (χ3n) is 6.01. The fraction of sp³-hybridized carbons (Fsp3) is 0.222. The first-order chi connectivity index (χ1) is 17.7. The second-order valence-electron chi connectivity index (χ2n) is 8.69. The Hall–Kier alpha value is -4.73. The van der Waals surface area contributed by atoms with E-state index in [9.17, 15) is 19.2 Å². The lowest BCUT2D eigenvalue weighted by atomic mass is 10.1. The third-order valence-corrected chi connectivity index (χ3v) is 6.01. The van der Waals surface area contributed by atoms with Gasteiger partial charge in [0.25, 0.3) is 5.91 Å². The van der Waals surface area contributed by atoms with E-state index in [1.165, 1.54) is 11.1 Å². The lowest BCUT2D eigenvalue weighted by Crippen LogP contribution is -2.51. The van der Waals surface area contributed by atoms with E-state index in [2.05, 4.69) is 4.98 Å². The number of rotatable bonds is 7. The van der Waals surface area contributed by atoms with Gasteiger partial charge >= 0.3 is 0 Å². The predicted octanol–water partition coefficient (Wildman–Crippen LogP) is 2.64. The standard InChI is InChI=1S/C27H27N5O5/c1-17(2)31(18-10-12-20(37-3)13-11-18)23(33)16-30-21-8-4-5-9-22(21)32(19-7-6-14-29-15-19)27(36)24(25(28)34)26(30)35/h4-15,17,24H,16H2,1-3H3,(H2,28,34). The molecule has 0 saturated heterocycles. The molecule has 0 bridgehead atoms. The summed E-state index contributed by atoms with van der Waals surface area (Å²) in [6.07, 6.45) is 2.99. The Balaban J connectivity index is 1.80. The Kier molecular flexibility index (Phi) is 7.19. The topological polar surface area (TPSA) is 126 Å². The number of nitrogens with two attached hydrogens (primary N) is 1. The number of para-hydroxylation sites is 2. The van der Waals surface area contributed by atoms with Crippen molar-refractivity contribution in [2.45, 2.75) is 19.9 Å². The molecule has 1 unspecified atom stereocenters. The van der Waals surface area contributed by atoms with Crippen molar-refractivity contribution in [3.63, 3.8) is 0 Å². The molecule has 2 heterocycles. The maximum Gasteiger partial charge on any atom is 0.253 e. The largest absolute Gasteiger partial charge is 0.497 e. The Morgan fingerprint density at radius 1 is 1.00 bits per heavy atom. The highest BCUT2D eigenvalue weighted by Gasteiger charge is 2.45. The lowest BCUT2D eigenvalue weighted by Gasteiger charge is -2.31. The van der Waals surface area contributed by atoms with Crippen molar-refractivity contribution in [1.82, 2.24) is 4.98 Å². The summed E-state index contributed by atoms with van der Waals surface area (Å²) in [6, 6.07) is 16.6. The molecule has 1 aliphatic rings. The first-order valence-electron chi connectivity index (χ1n) is 11.6. The SMILES string of the molecule is COc1ccc(N(C(=O)CN2C(=O)C(C(N)=O)C(=O)N(c3cccnc3)c3ccccc32)C(C)C)cc1. The van der Waals surface area contributed by atoms with Gasteiger partial charge in [0.1, 0.15) is 12.3 Å². The highest BCUT2D eigenvalue weighted by atomic mass is 16.5. The number of ether oxygens (including phenoxy) is 1. The van der Waals surface area contributed by atoms with Crippen molar-refractivity contribution in [1.29, 1.82) is 0 Å². The highest BCUT2D eigenvalue weighted by Crippen LogP contribution is 2.39. The van der Waals surface area contributed by atoms with Gasteiger partial charge in [-0.3, -0.25) is 34.0 Å². The minimum atomic E-state index is -1.83. The number of aromatic nitrogens is 1. The van der Waals surface area contributed by atoms with E-state index < -0.39 is 36.1 Å². The minimum Gasteiger partial charge on any atom is -0.497 e. The van der Waals surface area contributed by atoms with Crippen LogP contribution in [0.3, 0.4) is 0 Å². The first kappa shape index (κ1) is 25.4. The van der Waals surface area contributed by atoms with Crippen LogP contribution in [0.25, 0.3) is 0 Å². The average Bonchev–Trinajstić information content (AvgIpc) is 2.97. The summed E-state index contributed by atoms with van der Waals surface area (Å²) in [5.74, 6) is -4.39. The van der Waals surface area contributed by atoms with Crippen LogP contribution in [0.1, 0.15) is 13.8 Å². The van der Waals surface area contributed by atoms with Gasteiger partial charge in [0, 0.05) is 17.9 Å². The molecule has 0 saturated carbocycles. The van der Waals surface area contributed by atoms with E-state index in [0.29, 0.717) is 28.5 Å². The van der Waals surface area contributed by atoms with Crippen molar-refractivity contribution in [3.8, 4) is 5.75 Å². The number of fused-ring (bicyclic) bond motifs is 1. The van der Waals surface area contributed by atoms with Crippen LogP contribution in [-0.4, -0.2) is 48.3 Å². The van der Waals surface area contributed by atoms with Gasteiger partial charge in [0.05, 0.1) is 30.4 Å². The molecular formula is C27H27N5O5. The van der Waals surface area contributed by atoms with Crippen LogP contribution >= 0.6 is 0 Å². The fourth-order valence-corrected chi connectivity index (χ4v) is 4.35. The van der Waals surface area contributed by atoms with E-state index in [0.717, 1.165) is 4.90 Å². The number of hydrogen-bond acceptors (Lipinski definition) is 6. The molecule has 0 aliphatic carbocycles. The number of amides is 4. The van der Waals surface area contributed by atoms with Crippen LogP contribution in [0.2, 0.25) is 0 Å². The monoisotopic (exact) mass is 501 g/mol. The summed E-state index contributed by atoms with van der Waals surface area (Å²) < 4.78 is 5.21. The molecule has 190 valence electrons. The number of hydrogen-bond donors (Lipinski definition) is 1. The smallest absolute Gasteiger partial charge is 0.253 e. The first-order valence-corrected chi connectivity index (χ1v) is 11.6. The number of pyridine rings is 1. The van der Waals surface area contributed by atoms with E-state index in [4.69, 9.17) is 10.5 Å². The molecule has 0 fully saturated rings. The molecule has 10 nitrogen and oxygen atoms in total. The zero-order valence-electron chi connectivity index (χ0n) is 20.7. The van der Waals surface area contributed by atoms with Crippen molar-refractivity contribution in [3.05, 3.63) is 73.1 Å². The quantitative estimate of drug-likeness (QED) is 0.496. The van der Waals surface area contributed by atoms with Crippen LogP contribution in [0, 0.1) is 5.92 Å². The summed E-state index contributed by atoms with van der Waals surface area (Å²) >= 11 is 0. The number of primary amides is 1. The predicted molar refractivity (Wildman–Crippen MR) is 138 cm³/mol. The van der Waals surface area contributed by atoms with Crippen LogP contribution in [-0.2, 0) is 19.2 Å². The number of nitrogens with zero attached hydrogens (tertiary/aromatic N) is 4. The maximum atomic E-state index is 13.7. The van der Waals surface area contributed by atoms with E-state index in [1.54, 1.807) is 78.9 Å². The average molecular weight is 502 g/mol. The van der Waals surface area contributed by atoms with Crippen molar-refractivity contribution >= 4 is 46.4 Å². The van der Waals surface area contributed by atoms with Gasteiger partial charge in [0.15, 0.2) is 5.92 Å². The van der Waals surface area contributed by atoms with Crippen LogP contribution in [0.5, 0.6) is 5.75 Å². The Morgan fingerprint density at radius 2 is 1.68 bits per heavy atom. The van der Waals surface area contributed by atoms with Gasteiger partial charge < -0.3 is 15.4 Å². The molecule has 0 radical (unpaired) electrons. The second kappa shape index (κ2) is 10.5. The molecular weight excluding hydrogens is 474 g/mol. The number of carbonyl (C=O) groups is 4. The van der Waals surface area contributed by atoms with Gasteiger partial charge in [-0.15, -0.1) is 0 Å². The third kappa shape index (κ3) is 4.86. The molecule has 2 N–H and O–H groups in total. The van der Waals surface area contributed by atoms with Crippen LogP contribution in [0.4, 0.5) is 22.7 Å². The van der Waals surface area contributed by atoms with E-state index in [1.807, 2.05) is 13.8 Å². The molecule has 1 atom stereocenters. The maximum absolute atomic E-state index is 13.7. The van der Waals surface area contributed by atoms with Gasteiger partial charge in [0.2, 0.25) is 17.7 Å². The molecule has 10 heteroatoms. The number of benzene rings is 2. The summed E-state index contributed by atoms with van der Waals surface area (Å²) in [4.78, 5) is 61.3. The molecule has 0 spiro atoms. The van der Waals surface area contributed by atoms with E-state index >= 15 is 0 Å². The zero-order valence-corrected chi connectivity index (χ0v) is 20.7. The van der Waals surface area contributed by atoms with Crippen molar-refractivity contribution in [2.24, 2.45) is 11.7 Å². The fourth-order valence-electron chi connectivity index (χ4n) is 4.35. The molecule has 4 amide bonds. The van der Waals surface area contributed by atoms with E-state index in [-0.39, 0.29) is 6.04 Å². The Bertz CT molecular complexity index is 1330. The van der Waals surface area contributed by atoms with Gasteiger partial charge in [-0.1, -0.05) is 12.1 Å². The highest BCUT2D eigenvalue weighted by molar-refractivity contribution is 6.29. The minimum absolute atomic E-state index is 0.251. The Labute approximate surface area is 214 Å². The molecule has 4 rings (SSSR count). The van der Waals surface area contributed by atoms with Crippen LogP contribution in [0.15, 0.2) is 73.1 Å². The van der Waals surface area contributed by atoms with Crippen molar-refractivity contribution < 1.29 is 23.9 Å². The molecule has 1 aliphatic heterocycles. The van der Waals surface area contributed by atoms with Gasteiger partial charge in [-0.25, -0.2) is 0 Å². The van der Waals surface area contributed by atoms with Crippen LogP contribution < -0.4 is 25.2 Å². The number of carbonyl (C=O) groups excluding carboxylic acids is 4. The summed E-state index contributed by atoms with van der Waals surface area (Å²) in [6.45, 7) is 3.28. The molecule has 3 aromatic rings. The normalized spacial score (nSPS) is 15.3. The summed E-state index contributed by atoms with van der Waals surface area (Å²) in [5, 5.41) is 0. The number of anilines is 4.